The van der Waals surface area contributed by atoms with Crippen LogP contribution >= 0.6 is 0 Å². The maximum atomic E-state index is 12.6. The minimum atomic E-state index is -0.454. The lowest BCUT2D eigenvalue weighted by Crippen LogP contribution is -2.35. The molecule has 1 N–H and O–H groups in total. The van der Waals surface area contributed by atoms with Gasteiger partial charge in [0.05, 0.1) is 30.4 Å². The molecule has 0 saturated heterocycles. The summed E-state index contributed by atoms with van der Waals surface area (Å²) in [4.78, 5) is 17.2. The molecule has 0 saturated carbocycles. The molecule has 7 heteroatoms. The van der Waals surface area contributed by atoms with E-state index in [1.165, 1.54) is 0 Å². The van der Waals surface area contributed by atoms with Crippen LogP contribution in [0.5, 0.6) is 5.75 Å². The van der Waals surface area contributed by atoms with Crippen molar-refractivity contribution in [1.82, 2.24) is 14.9 Å². The first-order valence-corrected chi connectivity index (χ1v) is 9.72. The van der Waals surface area contributed by atoms with Gasteiger partial charge in [-0.1, -0.05) is 12.1 Å². The Hall–Kier alpha value is -2.90. The minimum Gasteiger partial charge on any atom is -0.495 e. The molecule has 0 spiro atoms. The van der Waals surface area contributed by atoms with Crippen LogP contribution in [0, 0.1) is 6.92 Å². The molecule has 0 atom stereocenters. The van der Waals surface area contributed by atoms with Gasteiger partial charge in [0, 0.05) is 18.8 Å². The second-order valence-electron chi connectivity index (χ2n) is 6.42. The number of nitrogens with one attached hydrogen (secondary N) is 1. The third-order valence-electron chi connectivity index (χ3n) is 4.54. The molecule has 0 fully saturated rings. The van der Waals surface area contributed by atoms with Crippen molar-refractivity contribution in [2.75, 3.05) is 26.9 Å². The lowest BCUT2D eigenvalue weighted by atomic mass is 10.2. The predicted molar refractivity (Wildman–Crippen MR) is 112 cm³/mol. The van der Waals surface area contributed by atoms with E-state index in [0.29, 0.717) is 18.8 Å². The molecule has 0 aliphatic heterocycles. The highest BCUT2D eigenvalue weighted by Crippen LogP contribution is 2.28. The molecule has 3 aromatic rings. The van der Waals surface area contributed by atoms with Gasteiger partial charge in [-0.25, -0.2) is 4.98 Å². The number of para-hydroxylation sites is 2. The summed E-state index contributed by atoms with van der Waals surface area (Å²) in [6.45, 7) is 7.04. The smallest absolute Gasteiger partial charge is 0.251 e. The maximum absolute atomic E-state index is 12.6. The van der Waals surface area contributed by atoms with Crippen LogP contribution < -0.4 is 10.1 Å². The first-order chi connectivity index (χ1) is 14.1. The Balaban J connectivity index is 1.85. The molecule has 1 aromatic heterocycles. The van der Waals surface area contributed by atoms with Crippen LogP contribution in [0.2, 0.25) is 0 Å². The van der Waals surface area contributed by atoms with Gasteiger partial charge >= 0.3 is 0 Å². The van der Waals surface area contributed by atoms with Gasteiger partial charge in [0.25, 0.3) is 5.91 Å². The maximum Gasteiger partial charge on any atom is 0.251 e. The molecule has 7 nitrogen and oxygen atoms in total. The number of benzene rings is 2. The van der Waals surface area contributed by atoms with E-state index in [2.05, 4.69) is 10.3 Å². The predicted octanol–water partition coefficient (Wildman–Crippen LogP) is 3.47. The topological polar surface area (TPSA) is 74.6 Å². The van der Waals surface area contributed by atoms with Crippen molar-refractivity contribution in [3.05, 3.63) is 53.9 Å². The van der Waals surface area contributed by atoms with Crippen LogP contribution in [0.4, 0.5) is 0 Å². The van der Waals surface area contributed by atoms with E-state index < -0.39 is 6.29 Å². The van der Waals surface area contributed by atoms with E-state index in [4.69, 9.17) is 14.2 Å². The molecule has 0 bridgehead atoms. The number of hydrogen-bond acceptors (Lipinski definition) is 5. The third-order valence-corrected chi connectivity index (χ3v) is 4.54. The summed E-state index contributed by atoms with van der Waals surface area (Å²) in [5.41, 5.74) is 3.09. The molecule has 29 heavy (non-hydrogen) atoms. The zero-order chi connectivity index (χ0) is 20.8. The zero-order valence-electron chi connectivity index (χ0n) is 17.3. The molecule has 1 amide bonds. The van der Waals surface area contributed by atoms with Crippen molar-refractivity contribution < 1.29 is 19.0 Å². The fourth-order valence-electron chi connectivity index (χ4n) is 3.28. The van der Waals surface area contributed by atoms with E-state index in [1.807, 2.05) is 55.7 Å². The number of nitrogens with zero attached hydrogens (tertiary/aromatic N) is 2. The molecule has 0 radical (unpaired) electrons. The number of methoxy groups -OCH3 is 1. The number of aromatic nitrogens is 2. The fourth-order valence-corrected chi connectivity index (χ4v) is 3.28. The molecule has 0 unspecified atom stereocenters. The molecule has 2 aromatic carbocycles. The Kier molecular flexibility index (Phi) is 6.85. The van der Waals surface area contributed by atoms with Crippen LogP contribution in [0.15, 0.2) is 42.5 Å². The van der Waals surface area contributed by atoms with E-state index in [-0.39, 0.29) is 12.5 Å². The summed E-state index contributed by atoms with van der Waals surface area (Å²) in [5, 5.41) is 2.86. The summed E-state index contributed by atoms with van der Waals surface area (Å²) in [7, 11) is 1.65. The van der Waals surface area contributed by atoms with Gasteiger partial charge in [0.15, 0.2) is 6.29 Å². The number of amides is 1. The standard InChI is InChI=1S/C22H27N3O4/c1-5-28-21(29-6-2)14-23-22(26)16-11-12-18-17(13-16)24-15(3)25(18)19-9-7-8-10-20(19)27-4/h7-13,21H,5-6,14H2,1-4H3,(H,23,26). The number of fused-ring (bicyclic) bond motifs is 1. The summed E-state index contributed by atoms with van der Waals surface area (Å²) >= 11 is 0. The van der Waals surface area contributed by atoms with Crippen molar-refractivity contribution in [3.8, 4) is 11.4 Å². The normalized spacial score (nSPS) is 11.2. The Labute approximate surface area is 170 Å². The van der Waals surface area contributed by atoms with Crippen LogP contribution in [0.3, 0.4) is 0 Å². The fraction of sp³-hybridized carbons (Fsp3) is 0.364. The van der Waals surface area contributed by atoms with Crippen LogP contribution in [0.25, 0.3) is 16.7 Å². The number of aryl methyl sites for hydroxylation is 1. The molecular formula is C22H27N3O4. The van der Waals surface area contributed by atoms with Crippen molar-refractivity contribution in [2.24, 2.45) is 0 Å². The quantitative estimate of drug-likeness (QED) is 0.560. The van der Waals surface area contributed by atoms with Gasteiger partial charge in [-0.3, -0.25) is 9.36 Å². The third kappa shape index (κ3) is 4.58. The van der Waals surface area contributed by atoms with Crippen molar-refractivity contribution in [2.45, 2.75) is 27.1 Å². The van der Waals surface area contributed by atoms with E-state index >= 15 is 0 Å². The molecule has 3 rings (SSSR count). The average Bonchev–Trinajstić information content (AvgIpc) is 3.06. The summed E-state index contributed by atoms with van der Waals surface area (Å²) in [6, 6.07) is 13.3. The number of hydrogen-bond donors (Lipinski definition) is 1. The highest BCUT2D eigenvalue weighted by atomic mass is 16.7. The molecule has 1 heterocycles. The van der Waals surface area contributed by atoms with E-state index in [1.54, 1.807) is 19.2 Å². The number of carbonyl (C=O) groups is 1. The van der Waals surface area contributed by atoms with Gasteiger partial charge in [-0.15, -0.1) is 0 Å². The van der Waals surface area contributed by atoms with Gasteiger partial charge in [-0.05, 0) is 51.1 Å². The Morgan fingerprint density at radius 3 is 2.55 bits per heavy atom. The number of ether oxygens (including phenoxy) is 3. The Morgan fingerprint density at radius 1 is 1.14 bits per heavy atom. The SMILES string of the molecule is CCOC(CNC(=O)c1ccc2c(c1)nc(C)n2-c1ccccc1OC)OCC. The van der Waals surface area contributed by atoms with Gasteiger partial charge in [-0.2, -0.15) is 0 Å². The minimum absolute atomic E-state index is 0.194. The van der Waals surface area contributed by atoms with E-state index in [9.17, 15) is 4.79 Å². The van der Waals surface area contributed by atoms with Crippen molar-refractivity contribution >= 4 is 16.9 Å². The van der Waals surface area contributed by atoms with Crippen molar-refractivity contribution in [1.29, 1.82) is 0 Å². The Bertz CT molecular complexity index is 977. The molecule has 154 valence electrons. The number of carbonyl (C=O) groups excluding carboxylic acids is 1. The second-order valence-corrected chi connectivity index (χ2v) is 6.42. The van der Waals surface area contributed by atoms with Gasteiger partial charge in [0.1, 0.15) is 11.6 Å². The first-order valence-electron chi connectivity index (χ1n) is 9.72. The van der Waals surface area contributed by atoms with E-state index in [0.717, 1.165) is 28.3 Å². The zero-order valence-corrected chi connectivity index (χ0v) is 17.3. The summed E-state index contributed by atoms with van der Waals surface area (Å²) in [5.74, 6) is 1.38. The van der Waals surface area contributed by atoms with Gasteiger partial charge in [0.2, 0.25) is 0 Å². The van der Waals surface area contributed by atoms with Crippen LogP contribution in [-0.4, -0.2) is 48.6 Å². The molecular weight excluding hydrogens is 370 g/mol. The summed E-state index contributed by atoms with van der Waals surface area (Å²) < 4.78 is 18.4. The largest absolute Gasteiger partial charge is 0.495 e. The van der Waals surface area contributed by atoms with Crippen LogP contribution in [-0.2, 0) is 9.47 Å². The lowest BCUT2D eigenvalue weighted by Gasteiger charge is -2.17. The van der Waals surface area contributed by atoms with Crippen LogP contribution in [0.1, 0.15) is 30.0 Å². The first kappa shape index (κ1) is 20.8. The van der Waals surface area contributed by atoms with Gasteiger partial charge < -0.3 is 19.5 Å². The number of imidazole rings is 1. The number of rotatable bonds is 9. The Morgan fingerprint density at radius 2 is 1.86 bits per heavy atom. The second kappa shape index (κ2) is 9.54. The highest BCUT2D eigenvalue weighted by molar-refractivity contribution is 5.97. The lowest BCUT2D eigenvalue weighted by molar-refractivity contribution is -0.131. The molecule has 0 aliphatic carbocycles. The van der Waals surface area contributed by atoms with Crippen molar-refractivity contribution in [3.63, 3.8) is 0 Å². The summed E-state index contributed by atoms with van der Waals surface area (Å²) in [6.07, 6.45) is -0.454. The highest BCUT2D eigenvalue weighted by Gasteiger charge is 2.16. The monoisotopic (exact) mass is 397 g/mol. The molecule has 0 aliphatic rings. The average molecular weight is 397 g/mol.